The molecular weight excluding hydrogens is 380 g/mol. The van der Waals surface area contributed by atoms with Gasteiger partial charge in [-0.05, 0) is 43.2 Å². The van der Waals surface area contributed by atoms with Crippen LogP contribution < -0.4 is 20.1 Å². The second kappa shape index (κ2) is 8.98. The average Bonchev–Trinajstić information content (AvgIpc) is 2.80. The number of fused-ring (bicyclic) bond motifs is 1. The molecule has 156 valence electrons. The molecule has 0 atom stereocenters. The molecule has 1 saturated carbocycles. The van der Waals surface area contributed by atoms with Crippen LogP contribution in [0.4, 0.5) is 17.2 Å². The highest BCUT2D eigenvalue weighted by molar-refractivity contribution is 5.94. The van der Waals surface area contributed by atoms with Crippen LogP contribution in [-0.4, -0.2) is 30.1 Å². The van der Waals surface area contributed by atoms with Crippen LogP contribution in [0.3, 0.4) is 0 Å². The van der Waals surface area contributed by atoms with Gasteiger partial charge in [-0.15, -0.1) is 0 Å². The SMILES string of the molecule is COc1cc2ncnc(Nc3ccc(NC(=O)C4CCCCC4)cc3)c2cc1OC. The lowest BCUT2D eigenvalue weighted by atomic mass is 9.88. The number of carbonyl (C=O) groups excluding carboxylic acids is 1. The van der Waals surface area contributed by atoms with Crippen LogP contribution in [-0.2, 0) is 4.79 Å². The van der Waals surface area contributed by atoms with Crippen molar-refractivity contribution < 1.29 is 14.3 Å². The Morgan fingerprint density at radius 3 is 2.30 bits per heavy atom. The van der Waals surface area contributed by atoms with Gasteiger partial charge in [-0.25, -0.2) is 9.97 Å². The Labute approximate surface area is 175 Å². The van der Waals surface area contributed by atoms with Crippen LogP contribution >= 0.6 is 0 Å². The minimum absolute atomic E-state index is 0.123. The summed E-state index contributed by atoms with van der Waals surface area (Å²) in [4.78, 5) is 21.1. The average molecular weight is 406 g/mol. The minimum Gasteiger partial charge on any atom is -0.493 e. The second-order valence-corrected chi connectivity index (χ2v) is 7.47. The number of anilines is 3. The molecule has 1 aliphatic rings. The van der Waals surface area contributed by atoms with Crippen molar-refractivity contribution >= 4 is 34.0 Å². The molecule has 0 bridgehead atoms. The van der Waals surface area contributed by atoms with Crippen molar-refractivity contribution in [1.82, 2.24) is 9.97 Å². The molecule has 2 aromatic carbocycles. The molecule has 1 aromatic heterocycles. The highest BCUT2D eigenvalue weighted by Gasteiger charge is 2.21. The Morgan fingerprint density at radius 2 is 1.60 bits per heavy atom. The Bertz CT molecular complexity index is 1030. The molecule has 7 heteroatoms. The predicted octanol–water partition coefficient (Wildman–Crippen LogP) is 4.91. The summed E-state index contributed by atoms with van der Waals surface area (Å²) in [6.45, 7) is 0. The zero-order chi connectivity index (χ0) is 20.9. The first-order chi connectivity index (χ1) is 14.7. The summed E-state index contributed by atoms with van der Waals surface area (Å²) in [7, 11) is 3.19. The van der Waals surface area contributed by atoms with Crippen molar-refractivity contribution in [3.8, 4) is 11.5 Å². The lowest BCUT2D eigenvalue weighted by molar-refractivity contribution is -0.120. The van der Waals surface area contributed by atoms with Gasteiger partial charge in [-0.1, -0.05) is 19.3 Å². The largest absolute Gasteiger partial charge is 0.493 e. The van der Waals surface area contributed by atoms with Gasteiger partial charge in [0.1, 0.15) is 12.1 Å². The van der Waals surface area contributed by atoms with Crippen molar-refractivity contribution in [2.75, 3.05) is 24.9 Å². The molecule has 1 heterocycles. The molecule has 0 saturated heterocycles. The molecule has 30 heavy (non-hydrogen) atoms. The van der Waals surface area contributed by atoms with Gasteiger partial charge in [0, 0.05) is 28.7 Å². The number of carbonyl (C=O) groups is 1. The normalized spacial score (nSPS) is 14.3. The maximum Gasteiger partial charge on any atom is 0.227 e. The van der Waals surface area contributed by atoms with E-state index in [0.29, 0.717) is 17.3 Å². The monoisotopic (exact) mass is 406 g/mol. The molecule has 7 nitrogen and oxygen atoms in total. The van der Waals surface area contributed by atoms with Gasteiger partial charge in [0.15, 0.2) is 11.5 Å². The fraction of sp³-hybridized carbons (Fsp3) is 0.348. The Kier molecular flexibility index (Phi) is 5.97. The summed E-state index contributed by atoms with van der Waals surface area (Å²) in [5.41, 5.74) is 2.41. The lowest BCUT2D eigenvalue weighted by Crippen LogP contribution is -2.24. The van der Waals surface area contributed by atoms with Gasteiger partial charge in [0.2, 0.25) is 5.91 Å². The Morgan fingerprint density at radius 1 is 0.933 bits per heavy atom. The molecule has 1 fully saturated rings. The molecule has 4 rings (SSSR count). The molecular formula is C23H26N4O3. The van der Waals surface area contributed by atoms with Gasteiger partial charge in [0.25, 0.3) is 0 Å². The molecule has 1 aliphatic carbocycles. The van der Waals surface area contributed by atoms with Crippen LogP contribution in [0.2, 0.25) is 0 Å². The van der Waals surface area contributed by atoms with E-state index in [2.05, 4.69) is 20.6 Å². The first-order valence-electron chi connectivity index (χ1n) is 10.2. The third-order valence-corrected chi connectivity index (χ3v) is 5.53. The number of hydrogen-bond acceptors (Lipinski definition) is 6. The zero-order valence-electron chi connectivity index (χ0n) is 17.3. The van der Waals surface area contributed by atoms with E-state index in [1.165, 1.54) is 12.7 Å². The maximum absolute atomic E-state index is 12.4. The van der Waals surface area contributed by atoms with Gasteiger partial charge in [-0.2, -0.15) is 0 Å². The van der Waals surface area contributed by atoms with E-state index < -0.39 is 0 Å². The first-order valence-corrected chi connectivity index (χ1v) is 10.2. The third kappa shape index (κ3) is 4.30. The highest BCUT2D eigenvalue weighted by Crippen LogP contribution is 2.34. The van der Waals surface area contributed by atoms with Crippen LogP contribution in [0, 0.1) is 5.92 Å². The van der Waals surface area contributed by atoms with Gasteiger partial charge in [-0.3, -0.25) is 4.79 Å². The van der Waals surface area contributed by atoms with Crippen molar-refractivity contribution in [3.05, 3.63) is 42.7 Å². The second-order valence-electron chi connectivity index (χ2n) is 7.47. The molecule has 2 N–H and O–H groups in total. The van der Waals surface area contributed by atoms with Crippen LogP contribution in [0.15, 0.2) is 42.7 Å². The Balaban J connectivity index is 1.50. The predicted molar refractivity (Wildman–Crippen MR) is 118 cm³/mol. The fourth-order valence-corrected chi connectivity index (χ4v) is 3.87. The molecule has 1 amide bonds. The number of methoxy groups -OCH3 is 2. The molecule has 3 aromatic rings. The molecule has 0 radical (unpaired) electrons. The van der Waals surface area contributed by atoms with Crippen molar-refractivity contribution in [3.63, 3.8) is 0 Å². The van der Waals surface area contributed by atoms with Gasteiger partial charge in [0.05, 0.1) is 19.7 Å². The summed E-state index contributed by atoms with van der Waals surface area (Å²) in [6, 6.07) is 11.3. The summed E-state index contributed by atoms with van der Waals surface area (Å²) < 4.78 is 10.8. The van der Waals surface area contributed by atoms with Crippen molar-refractivity contribution in [2.45, 2.75) is 32.1 Å². The zero-order valence-corrected chi connectivity index (χ0v) is 17.3. The number of amides is 1. The lowest BCUT2D eigenvalue weighted by Gasteiger charge is -2.20. The molecule has 0 spiro atoms. The van der Waals surface area contributed by atoms with E-state index in [1.807, 2.05) is 36.4 Å². The third-order valence-electron chi connectivity index (χ3n) is 5.53. The number of rotatable bonds is 6. The molecule has 0 aliphatic heterocycles. The minimum atomic E-state index is 0.123. The van der Waals surface area contributed by atoms with E-state index in [-0.39, 0.29) is 11.8 Å². The van der Waals surface area contributed by atoms with E-state index in [4.69, 9.17) is 9.47 Å². The van der Waals surface area contributed by atoms with Crippen molar-refractivity contribution in [2.24, 2.45) is 5.92 Å². The Hall–Kier alpha value is -3.35. The van der Waals surface area contributed by atoms with E-state index in [0.717, 1.165) is 48.0 Å². The van der Waals surface area contributed by atoms with Gasteiger partial charge >= 0.3 is 0 Å². The fourth-order valence-electron chi connectivity index (χ4n) is 3.87. The van der Waals surface area contributed by atoms with E-state index in [9.17, 15) is 4.79 Å². The highest BCUT2D eigenvalue weighted by atomic mass is 16.5. The van der Waals surface area contributed by atoms with Gasteiger partial charge < -0.3 is 20.1 Å². The van der Waals surface area contributed by atoms with Crippen LogP contribution in [0.5, 0.6) is 11.5 Å². The number of nitrogens with zero attached hydrogens (tertiary/aromatic N) is 2. The molecule has 0 unspecified atom stereocenters. The van der Waals surface area contributed by atoms with Crippen molar-refractivity contribution in [1.29, 1.82) is 0 Å². The smallest absolute Gasteiger partial charge is 0.227 e. The summed E-state index contributed by atoms with van der Waals surface area (Å²) in [5.74, 6) is 2.16. The summed E-state index contributed by atoms with van der Waals surface area (Å²) in [6.07, 6.45) is 7.01. The number of hydrogen-bond donors (Lipinski definition) is 2. The quantitative estimate of drug-likeness (QED) is 0.605. The number of ether oxygens (including phenoxy) is 2. The number of nitrogens with one attached hydrogen (secondary N) is 2. The number of aromatic nitrogens is 2. The standard InChI is InChI=1S/C23H26N4O3/c1-29-20-12-18-19(13-21(20)30-2)24-14-25-22(18)26-16-8-10-17(11-9-16)27-23(28)15-6-4-3-5-7-15/h8-15H,3-7H2,1-2H3,(H,27,28)(H,24,25,26). The van der Waals surface area contributed by atoms with E-state index in [1.54, 1.807) is 14.2 Å². The van der Waals surface area contributed by atoms with E-state index >= 15 is 0 Å². The summed E-state index contributed by atoms with van der Waals surface area (Å²) >= 11 is 0. The topological polar surface area (TPSA) is 85.4 Å². The number of benzene rings is 2. The first kappa shape index (κ1) is 19.9. The maximum atomic E-state index is 12.4. The summed E-state index contributed by atoms with van der Waals surface area (Å²) in [5, 5.41) is 7.18. The van der Waals surface area contributed by atoms with Crippen LogP contribution in [0.25, 0.3) is 10.9 Å². The van der Waals surface area contributed by atoms with Crippen LogP contribution in [0.1, 0.15) is 32.1 Å².